The number of ether oxygens (including phenoxy) is 1. The summed E-state index contributed by atoms with van der Waals surface area (Å²) in [7, 11) is 0. The number of rotatable bonds is 7. The molecule has 5 rings (SSSR count). The summed E-state index contributed by atoms with van der Waals surface area (Å²) < 4.78 is 12.6. The Labute approximate surface area is 209 Å². The van der Waals surface area contributed by atoms with Crippen LogP contribution in [0.25, 0.3) is 22.5 Å². The lowest BCUT2D eigenvalue weighted by Crippen LogP contribution is -2.22. The number of pyridine rings is 1. The van der Waals surface area contributed by atoms with E-state index in [1.807, 2.05) is 32.9 Å². The van der Waals surface area contributed by atoms with Crippen molar-refractivity contribution in [2.24, 2.45) is 0 Å². The summed E-state index contributed by atoms with van der Waals surface area (Å²) in [6.45, 7) is 7.62. The molecule has 0 radical (unpaired) electrons. The molecule has 1 saturated heterocycles. The van der Waals surface area contributed by atoms with Crippen molar-refractivity contribution in [3.05, 3.63) is 60.0 Å². The molecule has 186 valence electrons. The van der Waals surface area contributed by atoms with E-state index in [4.69, 9.17) is 9.15 Å². The van der Waals surface area contributed by atoms with Gasteiger partial charge in [-0.2, -0.15) is 5.10 Å². The Morgan fingerprint density at radius 3 is 2.67 bits per heavy atom. The van der Waals surface area contributed by atoms with Gasteiger partial charge in [0.2, 0.25) is 0 Å². The zero-order chi connectivity index (χ0) is 25.2. The van der Waals surface area contributed by atoms with Crippen LogP contribution in [0.4, 0.5) is 11.4 Å². The Balaban J connectivity index is 1.31. The number of esters is 1. The molecule has 4 aromatic rings. The predicted octanol–water partition coefficient (Wildman–Crippen LogP) is 4.98. The molecular weight excluding hydrogens is 458 g/mol. The Morgan fingerprint density at radius 2 is 1.97 bits per heavy atom. The predicted molar refractivity (Wildman–Crippen MR) is 137 cm³/mol. The summed E-state index contributed by atoms with van der Waals surface area (Å²) in [6, 6.07) is 11.1. The molecule has 0 bridgehead atoms. The topological polar surface area (TPSA) is 102 Å². The fraction of sp³-hybridized carbons (Fsp3) is 0.333. The van der Waals surface area contributed by atoms with E-state index in [0.29, 0.717) is 28.2 Å². The highest BCUT2D eigenvalue weighted by Crippen LogP contribution is 2.28. The number of aryl methyl sites for hydroxylation is 1. The molecule has 9 nitrogen and oxygen atoms in total. The van der Waals surface area contributed by atoms with Crippen LogP contribution in [0.3, 0.4) is 0 Å². The van der Waals surface area contributed by atoms with Crippen LogP contribution in [0.1, 0.15) is 48.7 Å². The van der Waals surface area contributed by atoms with Crippen molar-refractivity contribution in [3.8, 4) is 11.5 Å². The van der Waals surface area contributed by atoms with Gasteiger partial charge in [-0.25, -0.2) is 14.5 Å². The summed E-state index contributed by atoms with van der Waals surface area (Å²) in [5.41, 5.74) is 4.12. The summed E-state index contributed by atoms with van der Waals surface area (Å²) >= 11 is 0. The highest BCUT2D eigenvalue weighted by molar-refractivity contribution is 6.04. The first-order valence-corrected chi connectivity index (χ1v) is 12.2. The van der Waals surface area contributed by atoms with E-state index in [1.165, 1.54) is 12.8 Å². The zero-order valence-electron chi connectivity index (χ0n) is 20.7. The maximum absolute atomic E-state index is 13.1. The molecule has 1 aliphatic heterocycles. The number of nitrogens with zero attached hydrogens (tertiary/aromatic N) is 4. The number of carbonyl (C=O) groups is 2. The third-order valence-electron chi connectivity index (χ3n) is 6.34. The highest BCUT2D eigenvalue weighted by atomic mass is 16.5. The zero-order valence-corrected chi connectivity index (χ0v) is 20.7. The normalized spacial score (nSPS) is 13.5. The average Bonchev–Trinajstić information content (AvgIpc) is 3.64. The van der Waals surface area contributed by atoms with Gasteiger partial charge in [0, 0.05) is 30.5 Å². The van der Waals surface area contributed by atoms with Crippen LogP contribution in [-0.2, 0) is 9.53 Å². The number of anilines is 2. The van der Waals surface area contributed by atoms with Crippen LogP contribution in [-0.4, -0.2) is 46.3 Å². The molecule has 0 saturated carbocycles. The third-order valence-corrected chi connectivity index (χ3v) is 6.34. The molecule has 0 unspecified atom stereocenters. The highest BCUT2D eigenvalue weighted by Gasteiger charge is 2.21. The van der Waals surface area contributed by atoms with Crippen LogP contribution in [0, 0.1) is 6.92 Å². The summed E-state index contributed by atoms with van der Waals surface area (Å²) in [5.74, 6) is -0.516. The van der Waals surface area contributed by atoms with Gasteiger partial charge in [0.1, 0.15) is 5.69 Å². The van der Waals surface area contributed by atoms with E-state index in [2.05, 4.69) is 26.4 Å². The monoisotopic (exact) mass is 487 g/mol. The van der Waals surface area contributed by atoms with Gasteiger partial charge in [-0.3, -0.25) is 4.79 Å². The Hall–Kier alpha value is -4.14. The van der Waals surface area contributed by atoms with Gasteiger partial charge >= 0.3 is 5.97 Å². The molecule has 3 aromatic heterocycles. The van der Waals surface area contributed by atoms with Gasteiger partial charge in [-0.05, 0) is 75.6 Å². The van der Waals surface area contributed by atoms with Gasteiger partial charge in [-0.15, -0.1) is 0 Å². The lowest BCUT2D eigenvalue weighted by atomic mass is 10.1. The molecule has 1 amide bonds. The number of benzene rings is 1. The molecular formula is C27H29N5O4. The number of hydrogen-bond acceptors (Lipinski definition) is 7. The van der Waals surface area contributed by atoms with Gasteiger partial charge in [0.25, 0.3) is 5.91 Å². The number of amides is 1. The van der Waals surface area contributed by atoms with Crippen molar-refractivity contribution in [2.75, 3.05) is 29.9 Å². The van der Waals surface area contributed by atoms with E-state index < -0.39 is 18.5 Å². The number of aromatic nitrogens is 3. The maximum Gasteiger partial charge on any atom is 0.339 e. The van der Waals surface area contributed by atoms with Crippen molar-refractivity contribution in [1.29, 1.82) is 0 Å². The molecule has 0 aliphatic carbocycles. The molecule has 1 N–H and O–H groups in total. The molecule has 0 atom stereocenters. The van der Waals surface area contributed by atoms with Crippen LogP contribution in [0.2, 0.25) is 0 Å². The second-order valence-corrected chi connectivity index (χ2v) is 9.27. The summed E-state index contributed by atoms with van der Waals surface area (Å²) in [4.78, 5) is 32.7. The van der Waals surface area contributed by atoms with Crippen molar-refractivity contribution in [1.82, 2.24) is 14.8 Å². The van der Waals surface area contributed by atoms with Crippen molar-refractivity contribution >= 4 is 34.3 Å². The Bertz CT molecular complexity index is 1400. The number of nitrogens with one attached hydrogen (secondary N) is 1. The fourth-order valence-corrected chi connectivity index (χ4v) is 4.47. The van der Waals surface area contributed by atoms with Crippen LogP contribution in [0.5, 0.6) is 0 Å². The van der Waals surface area contributed by atoms with Crippen LogP contribution < -0.4 is 10.2 Å². The molecule has 1 fully saturated rings. The van der Waals surface area contributed by atoms with Crippen LogP contribution in [0.15, 0.2) is 53.3 Å². The second kappa shape index (κ2) is 9.85. The van der Waals surface area contributed by atoms with E-state index in [0.717, 1.165) is 24.3 Å². The largest absolute Gasteiger partial charge is 0.463 e. The van der Waals surface area contributed by atoms with Crippen LogP contribution >= 0.6 is 0 Å². The molecule has 1 aromatic carbocycles. The van der Waals surface area contributed by atoms with Gasteiger partial charge in [-0.1, -0.05) is 0 Å². The van der Waals surface area contributed by atoms with Crippen molar-refractivity contribution in [2.45, 2.75) is 39.7 Å². The summed E-state index contributed by atoms with van der Waals surface area (Å²) in [5, 5.41) is 7.79. The number of fused-ring (bicyclic) bond motifs is 1. The number of carbonyl (C=O) groups excluding carboxylic acids is 2. The minimum absolute atomic E-state index is 0.0385. The molecule has 4 heterocycles. The first kappa shape index (κ1) is 23.6. The lowest BCUT2D eigenvalue weighted by molar-refractivity contribution is -0.119. The summed E-state index contributed by atoms with van der Waals surface area (Å²) in [6.07, 6.45) is 5.54. The SMILES string of the molecule is Cc1cc(N2CCCC2)ccc1NC(=O)COC(=O)c1cc(-c2ccco2)nc2c1cnn2C(C)C. The quantitative estimate of drug-likeness (QED) is 0.367. The minimum Gasteiger partial charge on any atom is -0.463 e. The van der Waals surface area contributed by atoms with E-state index >= 15 is 0 Å². The molecule has 36 heavy (non-hydrogen) atoms. The fourth-order valence-electron chi connectivity index (χ4n) is 4.47. The Kier molecular flexibility index (Phi) is 6.45. The lowest BCUT2D eigenvalue weighted by Gasteiger charge is -2.19. The minimum atomic E-state index is -0.630. The molecule has 9 heteroatoms. The second-order valence-electron chi connectivity index (χ2n) is 9.27. The first-order valence-electron chi connectivity index (χ1n) is 12.2. The smallest absolute Gasteiger partial charge is 0.339 e. The Morgan fingerprint density at radius 1 is 1.17 bits per heavy atom. The van der Waals surface area contributed by atoms with E-state index in [-0.39, 0.29) is 11.6 Å². The first-order chi connectivity index (χ1) is 17.4. The third kappa shape index (κ3) is 4.68. The van der Waals surface area contributed by atoms with E-state index in [1.54, 1.807) is 35.3 Å². The number of hydrogen-bond donors (Lipinski definition) is 1. The maximum atomic E-state index is 13.1. The standard InChI is InChI=1S/C27H29N5O4/c1-17(2)32-26-21(15-28-32)20(14-23(30-26)24-7-6-12-35-24)27(34)36-16-25(33)29-22-9-8-19(13-18(22)3)31-10-4-5-11-31/h6-9,12-15,17H,4-5,10-11,16H2,1-3H3,(H,29,33). The van der Waals surface area contributed by atoms with Crippen molar-refractivity contribution in [3.63, 3.8) is 0 Å². The van der Waals surface area contributed by atoms with Gasteiger partial charge in [0.15, 0.2) is 18.0 Å². The average molecular weight is 488 g/mol. The number of furan rings is 1. The van der Waals surface area contributed by atoms with E-state index in [9.17, 15) is 9.59 Å². The van der Waals surface area contributed by atoms with Gasteiger partial charge < -0.3 is 19.4 Å². The molecule has 0 spiro atoms. The van der Waals surface area contributed by atoms with Gasteiger partial charge in [0.05, 0.1) is 23.4 Å². The van der Waals surface area contributed by atoms with Crippen molar-refractivity contribution < 1.29 is 18.7 Å². The molecule has 1 aliphatic rings.